The Morgan fingerprint density at radius 2 is 2.09 bits per heavy atom. The molecule has 1 heterocycles. The molecular formula is C16H20FN3O2S. The average Bonchev–Trinajstić information content (AvgIpc) is 2.92. The number of benzene rings is 1. The lowest BCUT2D eigenvalue weighted by Gasteiger charge is -2.23. The number of halogens is 1. The molecule has 0 radical (unpaired) electrons. The third-order valence-corrected chi connectivity index (χ3v) is 4.05. The van der Waals surface area contributed by atoms with Gasteiger partial charge in [0.2, 0.25) is 0 Å². The van der Waals surface area contributed by atoms with Crippen molar-refractivity contribution in [3.05, 3.63) is 35.5 Å². The fraction of sp³-hybridized carbons (Fsp3) is 0.375. The molecule has 1 amide bonds. The Balaban J connectivity index is 1.81. The second-order valence-corrected chi connectivity index (χ2v) is 6.61. The van der Waals surface area contributed by atoms with E-state index in [2.05, 4.69) is 10.3 Å². The number of amides is 1. The van der Waals surface area contributed by atoms with Gasteiger partial charge < -0.3 is 15.8 Å². The number of rotatable bonds is 7. The van der Waals surface area contributed by atoms with Crippen LogP contribution in [0.2, 0.25) is 0 Å². The zero-order chi connectivity index (χ0) is 16.9. The molecular weight excluding hydrogens is 317 g/mol. The molecule has 124 valence electrons. The zero-order valence-corrected chi connectivity index (χ0v) is 14.0. The summed E-state index contributed by atoms with van der Waals surface area (Å²) < 4.78 is 17.9. The number of thiazole rings is 1. The van der Waals surface area contributed by atoms with Crippen LogP contribution in [0.1, 0.15) is 26.7 Å². The topological polar surface area (TPSA) is 77.2 Å². The van der Waals surface area contributed by atoms with E-state index >= 15 is 0 Å². The van der Waals surface area contributed by atoms with Gasteiger partial charge in [-0.15, -0.1) is 11.3 Å². The molecule has 0 aliphatic rings. The van der Waals surface area contributed by atoms with E-state index in [1.165, 1.54) is 23.5 Å². The highest BCUT2D eigenvalue weighted by atomic mass is 32.1. The summed E-state index contributed by atoms with van der Waals surface area (Å²) in [7, 11) is 0. The SMILES string of the molecule is CC(C)(CCCNc1nc(-c2ccc(F)cc2)cs1)OC(N)=O. The molecule has 1 aromatic carbocycles. The Kier molecular flexibility index (Phi) is 5.54. The van der Waals surface area contributed by atoms with E-state index in [1.54, 1.807) is 12.1 Å². The average molecular weight is 337 g/mol. The van der Waals surface area contributed by atoms with Crippen LogP contribution in [0.25, 0.3) is 11.3 Å². The number of nitrogens with one attached hydrogen (secondary N) is 1. The van der Waals surface area contributed by atoms with Crippen LogP contribution in [-0.4, -0.2) is 23.2 Å². The van der Waals surface area contributed by atoms with E-state index in [-0.39, 0.29) is 5.82 Å². The number of carbonyl (C=O) groups excluding carboxylic acids is 1. The Bertz CT molecular complexity index is 656. The van der Waals surface area contributed by atoms with Crippen molar-refractivity contribution < 1.29 is 13.9 Å². The molecule has 0 aliphatic heterocycles. The number of nitrogens with zero attached hydrogens (tertiary/aromatic N) is 1. The van der Waals surface area contributed by atoms with Gasteiger partial charge in [0.05, 0.1) is 5.69 Å². The first-order chi connectivity index (χ1) is 10.9. The molecule has 0 saturated carbocycles. The van der Waals surface area contributed by atoms with Gasteiger partial charge >= 0.3 is 6.09 Å². The van der Waals surface area contributed by atoms with Crippen molar-refractivity contribution in [2.24, 2.45) is 5.73 Å². The molecule has 0 spiro atoms. The number of carbonyl (C=O) groups is 1. The normalized spacial score (nSPS) is 11.3. The second-order valence-electron chi connectivity index (χ2n) is 5.76. The van der Waals surface area contributed by atoms with Crippen molar-refractivity contribution in [2.45, 2.75) is 32.3 Å². The molecule has 0 saturated heterocycles. The lowest BCUT2D eigenvalue weighted by atomic mass is 10.0. The van der Waals surface area contributed by atoms with Gasteiger partial charge in [-0.25, -0.2) is 14.2 Å². The quantitative estimate of drug-likeness (QED) is 0.748. The Morgan fingerprint density at radius 3 is 2.74 bits per heavy atom. The summed E-state index contributed by atoms with van der Waals surface area (Å²) in [6, 6.07) is 6.25. The lowest BCUT2D eigenvalue weighted by Crippen LogP contribution is -2.31. The highest BCUT2D eigenvalue weighted by Gasteiger charge is 2.20. The Labute approximate surface area is 138 Å². The molecule has 3 N–H and O–H groups in total. The molecule has 5 nitrogen and oxygen atoms in total. The molecule has 0 aliphatic carbocycles. The molecule has 2 rings (SSSR count). The number of aromatic nitrogens is 1. The third-order valence-electron chi connectivity index (χ3n) is 3.25. The first kappa shape index (κ1) is 17.2. The maximum absolute atomic E-state index is 12.9. The summed E-state index contributed by atoms with van der Waals surface area (Å²) in [5, 5.41) is 5.96. The number of hydrogen-bond acceptors (Lipinski definition) is 5. The third kappa shape index (κ3) is 5.52. The van der Waals surface area contributed by atoms with Crippen LogP contribution in [0.15, 0.2) is 29.6 Å². The molecule has 0 bridgehead atoms. The lowest BCUT2D eigenvalue weighted by molar-refractivity contribution is 0.0384. The minimum absolute atomic E-state index is 0.261. The van der Waals surface area contributed by atoms with Gasteiger partial charge in [0.15, 0.2) is 5.13 Å². The van der Waals surface area contributed by atoms with Crippen molar-refractivity contribution in [3.63, 3.8) is 0 Å². The van der Waals surface area contributed by atoms with Crippen molar-refractivity contribution in [1.29, 1.82) is 0 Å². The molecule has 0 fully saturated rings. The summed E-state index contributed by atoms with van der Waals surface area (Å²) in [5.41, 5.74) is 6.15. The molecule has 7 heteroatoms. The van der Waals surface area contributed by atoms with Crippen molar-refractivity contribution >= 4 is 22.6 Å². The Hall–Kier alpha value is -2.15. The van der Waals surface area contributed by atoms with E-state index in [0.29, 0.717) is 13.0 Å². The Morgan fingerprint density at radius 1 is 1.39 bits per heavy atom. The molecule has 0 atom stereocenters. The van der Waals surface area contributed by atoms with E-state index in [4.69, 9.17) is 10.5 Å². The number of ether oxygens (including phenoxy) is 1. The van der Waals surface area contributed by atoms with Crippen LogP contribution in [0, 0.1) is 5.82 Å². The second kappa shape index (κ2) is 7.41. The maximum Gasteiger partial charge on any atom is 0.405 e. The number of nitrogens with two attached hydrogens (primary N) is 1. The van der Waals surface area contributed by atoms with Gasteiger partial charge in [-0.3, -0.25) is 0 Å². The zero-order valence-electron chi connectivity index (χ0n) is 13.1. The van der Waals surface area contributed by atoms with Crippen LogP contribution in [0.3, 0.4) is 0 Å². The first-order valence-electron chi connectivity index (χ1n) is 7.29. The molecule has 0 unspecified atom stereocenters. The summed E-state index contributed by atoms with van der Waals surface area (Å²) in [6.45, 7) is 4.36. The smallest absolute Gasteiger partial charge is 0.405 e. The maximum atomic E-state index is 12.9. The van der Waals surface area contributed by atoms with E-state index < -0.39 is 11.7 Å². The van der Waals surface area contributed by atoms with E-state index in [0.717, 1.165) is 22.8 Å². The van der Waals surface area contributed by atoms with Gasteiger partial charge in [0.1, 0.15) is 11.4 Å². The van der Waals surface area contributed by atoms with Crippen molar-refractivity contribution in [3.8, 4) is 11.3 Å². The van der Waals surface area contributed by atoms with Crippen LogP contribution >= 0.6 is 11.3 Å². The van der Waals surface area contributed by atoms with E-state index in [1.807, 2.05) is 19.2 Å². The van der Waals surface area contributed by atoms with Gasteiger partial charge in [-0.1, -0.05) is 0 Å². The predicted octanol–water partition coefficient (Wildman–Crippen LogP) is 4.02. The number of hydrogen-bond donors (Lipinski definition) is 2. The number of anilines is 1. The van der Waals surface area contributed by atoms with Gasteiger partial charge in [0.25, 0.3) is 0 Å². The fourth-order valence-corrected chi connectivity index (χ4v) is 2.89. The van der Waals surface area contributed by atoms with Crippen molar-refractivity contribution in [1.82, 2.24) is 4.98 Å². The molecule has 2 aromatic rings. The summed E-state index contributed by atoms with van der Waals surface area (Å²) in [5.74, 6) is -0.261. The van der Waals surface area contributed by atoms with Crippen LogP contribution < -0.4 is 11.1 Å². The minimum Gasteiger partial charge on any atom is -0.444 e. The van der Waals surface area contributed by atoms with E-state index in [9.17, 15) is 9.18 Å². The molecule has 1 aromatic heterocycles. The van der Waals surface area contributed by atoms with Gasteiger partial charge in [-0.05, 0) is 51.0 Å². The summed E-state index contributed by atoms with van der Waals surface area (Å²) in [6.07, 6.45) is 0.747. The van der Waals surface area contributed by atoms with Crippen LogP contribution in [0.4, 0.5) is 14.3 Å². The first-order valence-corrected chi connectivity index (χ1v) is 8.17. The fourth-order valence-electron chi connectivity index (χ4n) is 2.14. The van der Waals surface area contributed by atoms with Gasteiger partial charge in [-0.2, -0.15) is 0 Å². The monoisotopic (exact) mass is 337 g/mol. The van der Waals surface area contributed by atoms with Gasteiger partial charge in [0, 0.05) is 17.5 Å². The highest BCUT2D eigenvalue weighted by Crippen LogP contribution is 2.25. The summed E-state index contributed by atoms with van der Waals surface area (Å²) >= 11 is 1.50. The number of primary amides is 1. The van der Waals surface area contributed by atoms with Crippen LogP contribution in [0.5, 0.6) is 0 Å². The minimum atomic E-state index is -0.758. The van der Waals surface area contributed by atoms with Crippen molar-refractivity contribution in [2.75, 3.05) is 11.9 Å². The molecule has 23 heavy (non-hydrogen) atoms. The standard InChI is InChI=1S/C16H20FN3O2S/c1-16(2,22-14(18)21)8-3-9-19-15-20-13(10-23-15)11-4-6-12(17)7-5-11/h4-7,10H,3,8-9H2,1-2H3,(H2,18,21)(H,19,20). The predicted molar refractivity (Wildman–Crippen MR) is 90.0 cm³/mol. The summed E-state index contributed by atoms with van der Waals surface area (Å²) in [4.78, 5) is 15.3. The van der Waals surface area contributed by atoms with Crippen LogP contribution in [-0.2, 0) is 4.74 Å². The largest absolute Gasteiger partial charge is 0.444 e. The highest BCUT2D eigenvalue weighted by molar-refractivity contribution is 7.14.